The van der Waals surface area contributed by atoms with E-state index < -0.39 is 11.6 Å². The number of nitrogens with zero attached hydrogens (tertiary/aromatic N) is 6. The molecule has 3 aliphatic heterocycles. The van der Waals surface area contributed by atoms with Gasteiger partial charge in [-0.2, -0.15) is 9.97 Å². The molecule has 2 N–H and O–H groups in total. The number of benzene rings is 2. The van der Waals surface area contributed by atoms with Gasteiger partial charge in [0.05, 0.1) is 19.3 Å². The molecule has 13 heteroatoms. The Morgan fingerprint density at radius 1 is 0.891 bits per heavy atom. The highest BCUT2D eigenvalue weighted by molar-refractivity contribution is 6.04. The number of hydrogen-bond acceptors (Lipinski definition) is 10. The minimum atomic E-state index is -0.788. The second-order valence-electron chi connectivity index (χ2n) is 19.0. The SMILES string of the molecule is C#Cc1c(F)ccc2cc(O)cc(-c3nc(OC)c4c(N5CC6CCC(C5)N6)nc(OCC5(CN6CCN(C(=O)CCCCCCCCCCCCCCC)CC6)CC5)nc4c3F)c12. The first-order chi connectivity index (χ1) is 31.2. The second kappa shape index (κ2) is 21.0. The van der Waals surface area contributed by atoms with Crippen LogP contribution in [0.25, 0.3) is 32.9 Å². The van der Waals surface area contributed by atoms with Crippen LogP contribution in [0.4, 0.5) is 14.6 Å². The fourth-order valence-corrected chi connectivity index (χ4v) is 10.3. The molecule has 4 aromatic rings. The first-order valence-corrected chi connectivity index (χ1v) is 24.2. The topological polar surface area (TPSA) is 116 Å². The van der Waals surface area contributed by atoms with Crippen molar-refractivity contribution in [2.45, 2.75) is 135 Å². The fraction of sp³-hybridized carbons (Fsp3) is 0.608. The van der Waals surface area contributed by atoms with Crippen molar-refractivity contribution in [3.63, 3.8) is 0 Å². The maximum atomic E-state index is 17.3. The Labute approximate surface area is 377 Å². The summed E-state index contributed by atoms with van der Waals surface area (Å²) in [6, 6.07) is 6.08. The van der Waals surface area contributed by atoms with Gasteiger partial charge in [-0.1, -0.05) is 96.0 Å². The Kier molecular flexibility index (Phi) is 15.0. The summed E-state index contributed by atoms with van der Waals surface area (Å²) >= 11 is 0. The Morgan fingerprint density at radius 3 is 2.17 bits per heavy atom. The Hall–Kier alpha value is -4.80. The molecular formula is C51H67F2N7O4. The molecule has 1 aliphatic carbocycles. The predicted molar refractivity (Wildman–Crippen MR) is 249 cm³/mol. The molecule has 344 valence electrons. The number of carbonyl (C=O) groups excluding carboxylic acids is 1. The monoisotopic (exact) mass is 880 g/mol. The molecule has 4 aliphatic rings. The van der Waals surface area contributed by atoms with E-state index in [0.29, 0.717) is 42.7 Å². The van der Waals surface area contributed by atoms with Crippen LogP contribution in [-0.4, -0.2) is 107 Å². The van der Waals surface area contributed by atoms with Gasteiger partial charge in [0.1, 0.15) is 34.0 Å². The molecule has 2 aromatic heterocycles. The fourth-order valence-electron chi connectivity index (χ4n) is 10.3. The number of phenols is 1. The number of piperazine rings is 2. The van der Waals surface area contributed by atoms with Crippen molar-refractivity contribution in [3.8, 4) is 41.2 Å². The van der Waals surface area contributed by atoms with E-state index in [1.807, 2.05) is 4.90 Å². The highest BCUT2D eigenvalue weighted by atomic mass is 19.1. The van der Waals surface area contributed by atoms with Crippen LogP contribution in [0.15, 0.2) is 24.3 Å². The summed E-state index contributed by atoms with van der Waals surface area (Å²) in [6.07, 6.45) is 27.3. The average molecular weight is 880 g/mol. The first-order valence-electron chi connectivity index (χ1n) is 24.2. The summed E-state index contributed by atoms with van der Waals surface area (Å²) < 4.78 is 44.7. The van der Waals surface area contributed by atoms with E-state index in [9.17, 15) is 9.90 Å². The van der Waals surface area contributed by atoms with Crippen LogP contribution in [0.1, 0.15) is 128 Å². The lowest BCUT2D eigenvalue weighted by molar-refractivity contribution is -0.133. The first kappa shape index (κ1) is 45.8. The summed E-state index contributed by atoms with van der Waals surface area (Å²) in [6.45, 7) is 7.91. The number of ether oxygens (including phenoxy) is 2. The largest absolute Gasteiger partial charge is 0.508 e. The van der Waals surface area contributed by atoms with Gasteiger partial charge in [0, 0.05) is 80.7 Å². The zero-order valence-corrected chi connectivity index (χ0v) is 38.0. The predicted octanol–water partition coefficient (Wildman–Crippen LogP) is 9.54. The van der Waals surface area contributed by atoms with Crippen molar-refractivity contribution in [3.05, 3.63) is 41.5 Å². The summed E-state index contributed by atoms with van der Waals surface area (Å²) in [7, 11) is 1.46. The number of halogens is 2. The van der Waals surface area contributed by atoms with Gasteiger partial charge >= 0.3 is 6.01 Å². The Morgan fingerprint density at radius 2 is 1.55 bits per heavy atom. The van der Waals surface area contributed by atoms with Gasteiger partial charge in [0.25, 0.3) is 0 Å². The average Bonchev–Trinajstić information content (AvgIpc) is 3.99. The number of anilines is 1. The molecular weight excluding hydrogens is 813 g/mol. The lowest BCUT2D eigenvalue weighted by atomic mass is 9.95. The molecule has 8 rings (SSSR count). The number of phenolic OH excluding ortho intramolecular Hbond substituents is 1. The molecule has 1 saturated carbocycles. The molecule has 1 amide bonds. The number of unbranched alkanes of at least 4 members (excludes halogenated alkanes) is 12. The summed E-state index contributed by atoms with van der Waals surface area (Å²) in [5.74, 6) is 1.66. The van der Waals surface area contributed by atoms with Crippen molar-refractivity contribution < 1.29 is 28.2 Å². The third-order valence-corrected chi connectivity index (χ3v) is 14.1. The quantitative estimate of drug-likeness (QED) is 0.0585. The van der Waals surface area contributed by atoms with Crippen molar-refractivity contribution >= 4 is 33.4 Å². The highest BCUT2D eigenvalue weighted by Crippen LogP contribution is 2.47. The van der Waals surface area contributed by atoms with Gasteiger partial charge in [0.15, 0.2) is 5.82 Å². The number of fused-ring (bicyclic) bond motifs is 4. The number of nitrogens with one attached hydrogen (secondary N) is 1. The number of aromatic nitrogens is 3. The number of terminal acetylenes is 1. The minimum Gasteiger partial charge on any atom is -0.508 e. The number of rotatable bonds is 22. The molecule has 5 heterocycles. The number of hydrogen-bond donors (Lipinski definition) is 2. The maximum Gasteiger partial charge on any atom is 0.319 e. The summed E-state index contributed by atoms with van der Waals surface area (Å²) in [5.41, 5.74) is -0.287. The number of carbonyl (C=O) groups is 1. The molecule has 2 unspecified atom stereocenters. The smallest absolute Gasteiger partial charge is 0.319 e. The van der Waals surface area contributed by atoms with E-state index in [2.05, 4.69) is 32.9 Å². The van der Waals surface area contributed by atoms with Crippen LogP contribution in [0.5, 0.6) is 17.6 Å². The molecule has 3 saturated heterocycles. The van der Waals surface area contributed by atoms with E-state index in [4.69, 9.17) is 25.9 Å². The third kappa shape index (κ3) is 10.7. The lowest BCUT2D eigenvalue weighted by Crippen LogP contribution is -2.51. The number of methoxy groups -OCH3 is 1. The van der Waals surface area contributed by atoms with Gasteiger partial charge in [-0.15, -0.1) is 6.42 Å². The second-order valence-corrected chi connectivity index (χ2v) is 19.0. The van der Waals surface area contributed by atoms with E-state index in [1.54, 1.807) is 0 Å². The third-order valence-electron chi connectivity index (χ3n) is 14.1. The summed E-state index contributed by atoms with van der Waals surface area (Å²) in [4.78, 5) is 34.0. The van der Waals surface area contributed by atoms with Crippen molar-refractivity contribution in [1.82, 2.24) is 30.1 Å². The number of aromatic hydroxyl groups is 1. The maximum absolute atomic E-state index is 17.3. The zero-order valence-electron chi connectivity index (χ0n) is 38.0. The van der Waals surface area contributed by atoms with Gasteiger partial charge in [0.2, 0.25) is 11.8 Å². The minimum absolute atomic E-state index is 0.0488. The van der Waals surface area contributed by atoms with E-state index in [1.165, 1.54) is 102 Å². The van der Waals surface area contributed by atoms with Crippen molar-refractivity contribution in [2.75, 3.05) is 64.4 Å². The lowest BCUT2D eigenvalue weighted by Gasteiger charge is -2.36. The van der Waals surface area contributed by atoms with E-state index in [-0.39, 0.29) is 68.8 Å². The molecule has 64 heavy (non-hydrogen) atoms. The van der Waals surface area contributed by atoms with E-state index in [0.717, 1.165) is 71.2 Å². The molecule has 0 spiro atoms. The normalized spacial score (nSPS) is 19.4. The number of amides is 1. The Bertz CT molecular complexity index is 2300. The molecule has 2 atom stereocenters. The van der Waals surface area contributed by atoms with Crippen LogP contribution in [0, 0.1) is 29.4 Å². The van der Waals surface area contributed by atoms with Crippen LogP contribution < -0.4 is 19.7 Å². The van der Waals surface area contributed by atoms with Crippen LogP contribution in [0.3, 0.4) is 0 Å². The molecule has 4 fully saturated rings. The summed E-state index contributed by atoms with van der Waals surface area (Å²) in [5, 5.41) is 15.4. The zero-order chi connectivity index (χ0) is 44.6. The van der Waals surface area contributed by atoms with Gasteiger partial charge in [-0.05, 0) is 55.7 Å². The molecule has 0 radical (unpaired) electrons. The molecule has 2 bridgehead atoms. The van der Waals surface area contributed by atoms with Gasteiger partial charge in [-0.25, -0.2) is 13.8 Å². The van der Waals surface area contributed by atoms with Crippen LogP contribution in [-0.2, 0) is 4.79 Å². The standard InChI is InChI=1S/C51H67F2N7O4/c1-4-6-7-8-9-10-11-12-13-14-15-16-17-18-42(62)59-27-25-58(26-28-59)33-51(23-24-51)34-64-50-56-47-44(48(57-50)60-31-36-20-21-37(32-60)54-36)49(63-3)55-46(45(47)53)40-30-38(61)29-35-19-22-41(52)39(5-2)43(35)40/h2,19,22,29-30,36-37,54,61H,4,6-18,20-21,23-28,31-34H2,1,3H3. The number of pyridine rings is 1. The molecule has 11 nitrogen and oxygen atoms in total. The van der Waals surface area contributed by atoms with Gasteiger partial charge < -0.3 is 29.7 Å². The van der Waals surface area contributed by atoms with E-state index >= 15 is 8.78 Å². The van der Waals surface area contributed by atoms with Crippen LogP contribution >= 0.6 is 0 Å². The molecule has 2 aromatic carbocycles. The van der Waals surface area contributed by atoms with Crippen molar-refractivity contribution in [2.24, 2.45) is 5.41 Å². The Balaban J connectivity index is 0.912. The highest BCUT2D eigenvalue weighted by Gasteiger charge is 2.46. The van der Waals surface area contributed by atoms with Crippen LogP contribution in [0.2, 0.25) is 0 Å². The van der Waals surface area contributed by atoms with Crippen molar-refractivity contribution in [1.29, 1.82) is 0 Å². The van der Waals surface area contributed by atoms with Gasteiger partial charge in [-0.3, -0.25) is 9.69 Å².